The largest absolute Gasteiger partial charge is 0.496 e. The van der Waals surface area contributed by atoms with Crippen molar-refractivity contribution in [1.82, 2.24) is 5.32 Å². The first-order chi connectivity index (χ1) is 8.51. The lowest BCUT2D eigenvalue weighted by atomic mass is 9.97. The number of hydrogen-bond donors (Lipinski definition) is 1. The number of aryl methyl sites for hydroxylation is 1. The quantitative estimate of drug-likeness (QED) is 0.835. The maximum absolute atomic E-state index is 11.4. The highest BCUT2D eigenvalue weighted by molar-refractivity contribution is 6.18. The van der Waals surface area contributed by atoms with Crippen molar-refractivity contribution < 1.29 is 9.53 Å². The van der Waals surface area contributed by atoms with E-state index in [1.165, 1.54) is 0 Å². The summed E-state index contributed by atoms with van der Waals surface area (Å²) in [5.41, 5.74) is 4.56. The van der Waals surface area contributed by atoms with E-state index in [0.29, 0.717) is 18.8 Å². The first-order valence-corrected chi connectivity index (χ1v) is 6.51. The molecule has 0 saturated carbocycles. The molecule has 0 aliphatic heterocycles. The van der Waals surface area contributed by atoms with E-state index in [-0.39, 0.29) is 5.91 Å². The fraction of sp³-hybridized carbons (Fsp3) is 0.500. The molecule has 1 rings (SSSR count). The van der Waals surface area contributed by atoms with Crippen molar-refractivity contribution in [2.24, 2.45) is 0 Å². The van der Waals surface area contributed by atoms with Crippen LogP contribution in [0.25, 0.3) is 0 Å². The summed E-state index contributed by atoms with van der Waals surface area (Å²) in [5.74, 6) is 1.23. The zero-order chi connectivity index (χ0) is 13.7. The summed E-state index contributed by atoms with van der Waals surface area (Å²) < 4.78 is 5.32. The molecule has 18 heavy (non-hydrogen) atoms. The van der Waals surface area contributed by atoms with E-state index in [1.54, 1.807) is 7.11 Å². The Labute approximate surface area is 113 Å². The van der Waals surface area contributed by atoms with Crippen LogP contribution in [0, 0.1) is 20.8 Å². The summed E-state index contributed by atoms with van der Waals surface area (Å²) in [5, 5.41) is 2.88. The fourth-order valence-electron chi connectivity index (χ4n) is 1.94. The van der Waals surface area contributed by atoms with Crippen LogP contribution in [-0.2, 0) is 11.3 Å². The lowest BCUT2D eigenvalue weighted by Gasteiger charge is -2.16. The molecular formula is C14H20ClNO2. The zero-order valence-corrected chi connectivity index (χ0v) is 12.1. The van der Waals surface area contributed by atoms with Crippen LogP contribution >= 0.6 is 11.6 Å². The minimum Gasteiger partial charge on any atom is -0.496 e. The van der Waals surface area contributed by atoms with Gasteiger partial charge in [-0.3, -0.25) is 4.79 Å². The minimum atomic E-state index is -0.0164. The molecule has 0 bridgehead atoms. The predicted molar refractivity (Wildman–Crippen MR) is 74.4 cm³/mol. The molecule has 4 heteroatoms. The van der Waals surface area contributed by atoms with Crippen LogP contribution < -0.4 is 10.1 Å². The number of carbonyl (C=O) groups excluding carboxylic acids is 1. The molecule has 0 saturated heterocycles. The third kappa shape index (κ3) is 3.39. The molecule has 100 valence electrons. The Kier molecular flexibility index (Phi) is 5.48. The van der Waals surface area contributed by atoms with Gasteiger partial charge < -0.3 is 10.1 Å². The molecule has 1 aromatic rings. The molecule has 0 fully saturated rings. The molecule has 0 aromatic heterocycles. The number of alkyl halides is 1. The van der Waals surface area contributed by atoms with E-state index in [9.17, 15) is 4.79 Å². The second-order valence-corrected chi connectivity index (χ2v) is 4.72. The molecule has 1 N–H and O–H groups in total. The van der Waals surface area contributed by atoms with Gasteiger partial charge in [-0.2, -0.15) is 0 Å². The van der Waals surface area contributed by atoms with Crippen LogP contribution in [0.15, 0.2) is 6.07 Å². The average molecular weight is 270 g/mol. The van der Waals surface area contributed by atoms with Crippen molar-refractivity contribution in [3.05, 3.63) is 28.3 Å². The van der Waals surface area contributed by atoms with E-state index in [0.717, 1.165) is 28.0 Å². The standard InChI is InChI=1S/C14H20ClNO2/c1-9-7-13(18-4)11(3)10(2)12(9)8-16-14(17)5-6-15/h7H,5-6,8H2,1-4H3,(H,16,17). The van der Waals surface area contributed by atoms with Crippen LogP contribution in [0.5, 0.6) is 5.75 Å². The molecule has 0 aliphatic rings. The summed E-state index contributed by atoms with van der Waals surface area (Å²) in [4.78, 5) is 11.4. The number of halogens is 1. The molecule has 0 spiro atoms. The Morgan fingerprint density at radius 2 is 2.00 bits per heavy atom. The molecule has 0 unspecified atom stereocenters. The van der Waals surface area contributed by atoms with Gasteiger partial charge in [-0.05, 0) is 49.1 Å². The molecule has 0 radical (unpaired) electrons. The molecule has 0 heterocycles. The van der Waals surface area contributed by atoms with E-state index in [1.807, 2.05) is 26.8 Å². The molecule has 3 nitrogen and oxygen atoms in total. The lowest BCUT2D eigenvalue weighted by Crippen LogP contribution is -2.23. The highest BCUT2D eigenvalue weighted by Gasteiger charge is 2.11. The minimum absolute atomic E-state index is 0.0164. The normalized spacial score (nSPS) is 10.3. The number of amides is 1. The second kappa shape index (κ2) is 6.64. The Balaban J connectivity index is 2.90. The topological polar surface area (TPSA) is 38.3 Å². The summed E-state index contributed by atoms with van der Waals surface area (Å²) in [6.07, 6.45) is 0.356. The number of carbonyl (C=O) groups is 1. The van der Waals surface area contributed by atoms with Crippen molar-refractivity contribution in [3.63, 3.8) is 0 Å². The SMILES string of the molecule is COc1cc(C)c(CNC(=O)CCCl)c(C)c1C. The molecule has 1 amide bonds. The molecule has 0 atom stereocenters. The number of ether oxygens (including phenoxy) is 1. The van der Waals surface area contributed by atoms with Crippen molar-refractivity contribution in [2.75, 3.05) is 13.0 Å². The third-order valence-electron chi connectivity index (χ3n) is 3.21. The maximum atomic E-state index is 11.4. The van der Waals surface area contributed by atoms with Crippen molar-refractivity contribution in [1.29, 1.82) is 0 Å². The maximum Gasteiger partial charge on any atom is 0.221 e. The van der Waals surface area contributed by atoms with Gasteiger partial charge in [0.1, 0.15) is 5.75 Å². The Hall–Kier alpha value is -1.22. The van der Waals surface area contributed by atoms with Gasteiger partial charge in [0.05, 0.1) is 7.11 Å². The summed E-state index contributed by atoms with van der Waals surface area (Å²) in [6, 6.07) is 2.01. The van der Waals surface area contributed by atoms with Crippen LogP contribution in [0.3, 0.4) is 0 Å². The lowest BCUT2D eigenvalue weighted by molar-refractivity contribution is -0.120. The summed E-state index contributed by atoms with van der Waals surface area (Å²) in [6.45, 7) is 6.64. The smallest absolute Gasteiger partial charge is 0.221 e. The van der Waals surface area contributed by atoms with Gasteiger partial charge in [0, 0.05) is 18.8 Å². The predicted octanol–water partition coefficient (Wildman–Crippen LogP) is 2.87. The Morgan fingerprint density at radius 3 is 2.56 bits per heavy atom. The number of rotatable bonds is 5. The summed E-state index contributed by atoms with van der Waals surface area (Å²) >= 11 is 5.53. The fourth-order valence-corrected chi connectivity index (χ4v) is 2.12. The van der Waals surface area contributed by atoms with Gasteiger partial charge in [-0.1, -0.05) is 0 Å². The average Bonchev–Trinajstić information content (AvgIpc) is 2.34. The van der Waals surface area contributed by atoms with Gasteiger partial charge in [0.2, 0.25) is 5.91 Å². The van der Waals surface area contributed by atoms with E-state index < -0.39 is 0 Å². The van der Waals surface area contributed by atoms with Crippen LogP contribution in [0.2, 0.25) is 0 Å². The highest BCUT2D eigenvalue weighted by atomic mass is 35.5. The van der Waals surface area contributed by atoms with E-state index in [4.69, 9.17) is 16.3 Å². The first kappa shape index (κ1) is 14.8. The van der Waals surface area contributed by atoms with Gasteiger partial charge in [0.25, 0.3) is 0 Å². The number of methoxy groups -OCH3 is 1. The van der Waals surface area contributed by atoms with Gasteiger partial charge >= 0.3 is 0 Å². The van der Waals surface area contributed by atoms with Crippen LogP contribution in [0.4, 0.5) is 0 Å². The van der Waals surface area contributed by atoms with Gasteiger partial charge in [-0.25, -0.2) is 0 Å². The Bertz CT molecular complexity index is 444. The Morgan fingerprint density at radius 1 is 1.33 bits per heavy atom. The van der Waals surface area contributed by atoms with E-state index in [2.05, 4.69) is 5.32 Å². The van der Waals surface area contributed by atoms with Crippen molar-refractivity contribution in [3.8, 4) is 5.75 Å². The monoisotopic (exact) mass is 269 g/mol. The first-order valence-electron chi connectivity index (χ1n) is 5.97. The number of nitrogens with one attached hydrogen (secondary N) is 1. The van der Waals surface area contributed by atoms with E-state index >= 15 is 0 Å². The van der Waals surface area contributed by atoms with Crippen molar-refractivity contribution >= 4 is 17.5 Å². The summed E-state index contributed by atoms with van der Waals surface area (Å²) in [7, 11) is 1.67. The van der Waals surface area contributed by atoms with Gasteiger partial charge in [0.15, 0.2) is 0 Å². The van der Waals surface area contributed by atoms with Crippen molar-refractivity contribution in [2.45, 2.75) is 33.7 Å². The second-order valence-electron chi connectivity index (χ2n) is 4.34. The molecule has 1 aromatic carbocycles. The van der Waals surface area contributed by atoms with Crippen LogP contribution in [-0.4, -0.2) is 18.9 Å². The number of hydrogen-bond acceptors (Lipinski definition) is 2. The third-order valence-corrected chi connectivity index (χ3v) is 3.40. The van der Waals surface area contributed by atoms with Gasteiger partial charge in [-0.15, -0.1) is 11.6 Å². The molecular weight excluding hydrogens is 250 g/mol. The molecule has 0 aliphatic carbocycles. The highest BCUT2D eigenvalue weighted by Crippen LogP contribution is 2.27. The number of benzene rings is 1. The van der Waals surface area contributed by atoms with Crippen LogP contribution in [0.1, 0.15) is 28.7 Å². The zero-order valence-electron chi connectivity index (χ0n) is 11.4.